The molecular weight excluding hydrogens is 338 g/mol. The number of hydrogen-bond acceptors (Lipinski definition) is 4. The molecular formula is C19H16F2N4O. The molecule has 3 aromatic rings. The van der Waals surface area contributed by atoms with Crippen molar-refractivity contribution < 1.29 is 13.6 Å². The summed E-state index contributed by atoms with van der Waals surface area (Å²) in [7, 11) is 0. The van der Waals surface area contributed by atoms with Crippen LogP contribution < -0.4 is 11.1 Å². The van der Waals surface area contributed by atoms with E-state index in [-0.39, 0.29) is 5.82 Å². The van der Waals surface area contributed by atoms with E-state index in [0.29, 0.717) is 16.9 Å². The minimum atomic E-state index is -2.91. The lowest BCUT2D eigenvalue weighted by atomic mass is 10.0. The maximum atomic E-state index is 13.0. The first kappa shape index (κ1) is 16.4. The van der Waals surface area contributed by atoms with E-state index in [4.69, 9.17) is 5.73 Å². The van der Waals surface area contributed by atoms with Crippen molar-refractivity contribution in [3.63, 3.8) is 0 Å². The molecule has 1 aliphatic rings. The highest BCUT2D eigenvalue weighted by Gasteiger charge is 2.61. The Kier molecular flexibility index (Phi) is 3.61. The fourth-order valence-corrected chi connectivity index (χ4v) is 2.95. The van der Waals surface area contributed by atoms with Crippen molar-refractivity contribution in [2.75, 3.05) is 11.1 Å². The summed E-state index contributed by atoms with van der Waals surface area (Å²) in [5.74, 6) is -4.37. The van der Waals surface area contributed by atoms with Crippen LogP contribution in [-0.4, -0.2) is 21.8 Å². The quantitative estimate of drug-likeness (QED) is 0.750. The molecule has 4 rings (SSSR count). The molecule has 2 heterocycles. The highest BCUT2D eigenvalue weighted by atomic mass is 19.3. The molecule has 0 bridgehead atoms. The summed E-state index contributed by atoms with van der Waals surface area (Å²) in [4.78, 5) is 20.4. The Morgan fingerprint density at radius 3 is 2.73 bits per heavy atom. The number of nitrogens with zero attached hydrogens (tertiary/aromatic N) is 2. The van der Waals surface area contributed by atoms with E-state index < -0.39 is 24.2 Å². The van der Waals surface area contributed by atoms with Crippen LogP contribution in [0.4, 0.5) is 20.4 Å². The van der Waals surface area contributed by atoms with Gasteiger partial charge in [0.2, 0.25) is 5.91 Å². The van der Waals surface area contributed by atoms with Crippen molar-refractivity contribution in [2.24, 2.45) is 5.92 Å². The number of nitrogens with one attached hydrogen (secondary N) is 1. The molecule has 0 saturated heterocycles. The molecule has 1 amide bonds. The number of carbonyl (C=O) groups is 1. The van der Waals surface area contributed by atoms with Gasteiger partial charge in [-0.2, -0.15) is 0 Å². The number of rotatable bonds is 3. The molecule has 0 aliphatic heterocycles. The topological polar surface area (TPSA) is 80.9 Å². The van der Waals surface area contributed by atoms with Gasteiger partial charge in [-0.15, -0.1) is 0 Å². The first-order chi connectivity index (χ1) is 12.3. The lowest BCUT2D eigenvalue weighted by molar-refractivity contribution is -0.119. The van der Waals surface area contributed by atoms with Crippen molar-refractivity contribution >= 4 is 28.3 Å². The maximum Gasteiger partial charge on any atom is 0.260 e. The number of aryl methyl sites for hydroxylation is 1. The van der Waals surface area contributed by atoms with Gasteiger partial charge in [-0.05, 0) is 30.0 Å². The Morgan fingerprint density at radius 1 is 1.31 bits per heavy atom. The van der Waals surface area contributed by atoms with Crippen molar-refractivity contribution in [2.45, 2.75) is 19.3 Å². The normalized spacial score (nSPS) is 17.9. The summed E-state index contributed by atoms with van der Waals surface area (Å²) in [6.45, 7) is 1.98. The molecule has 1 unspecified atom stereocenters. The molecule has 0 radical (unpaired) electrons. The van der Waals surface area contributed by atoms with E-state index in [2.05, 4.69) is 15.3 Å². The second kappa shape index (κ2) is 5.72. The maximum absolute atomic E-state index is 13.0. The zero-order chi connectivity index (χ0) is 18.5. The van der Waals surface area contributed by atoms with Gasteiger partial charge >= 0.3 is 0 Å². The van der Waals surface area contributed by atoms with E-state index in [1.54, 1.807) is 6.07 Å². The number of pyridine rings is 2. The van der Waals surface area contributed by atoms with Crippen LogP contribution in [0.1, 0.15) is 12.0 Å². The number of amides is 1. The van der Waals surface area contributed by atoms with Crippen LogP contribution in [0.5, 0.6) is 0 Å². The molecule has 3 N–H and O–H groups in total. The highest BCUT2D eigenvalue weighted by Crippen LogP contribution is 2.49. The van der Waals surface area contributed by atoms with Gasteiger partial charge in [-0.25, -0.2) is 18.7 Å². The van der Waals surface area contributed by atoms with Gasteiger partial charge in [0.15, 0.2) is 0 Å². The SMILES string of the molecule is Cc1ccccc1-c1cc2cc(NC(=O)C3CC3(F)F)ncc2c(N)n1. The van der Waals surface area contributed by atoms with E-state index >= 15 is 0 Å². The lowest BCUT2D eigenvalue weighted by Gasteiger charge is -2.10. The number of alkyl halides is 2. The van der Waals surface area contributed by atoms with Crippen LogP contribution in [0.15, 0.2) is 42.6 Å². The second-order valence-corrected chi connectivity index (χ2v) is 6.51. The molecule has 1 fully saturated rings. The summed E-state index contributed by atoms with van der Waals surface area (Å²) in [6.07, 6.45) is 1.07. The van der Waals surface area contributed by atoms with Crippen LogP contribution >= 0.6 is 0 Å². The molecule has 132 valence electrons. The first-order valence-electron chi connectivity index (χ1n) is 8.16. The third-order valence-electron chi connectivity index (χ3n) is 4.56. The Hall–Kier alpha value is -3.09. The van der Waals surface area contributed by atoms with Crippen molar-refractivity contribution in [3.8, 4) is 11.3 Å². The van der Waals surface area contributed by atoms with Crippen LogP contribution in [-0.2, 0) is 4.79 Å². The predicted octanol–water partition coefficient (Wildman–Crippen LogP) is 3.78. The Labute approximate surface area is 148 Å². The molecule has 7 heteroatoms. The smallest absolute Gasteiger partial charge is 0.260 e. The van der Waals surface area contributed by atoms with Crippen molar-refractivity contribution in [1.82, 2.24) is 9.97 Å². The predicted molar refractivity (Wildman–Crippen MR) is 95.8 cm³/mol. The number of nitrogen functional groups attached to an aromatic ring is 1. The number of hydrogen-bond donors (Lipinski definition) is 2. The van der Waals surface area contributed by atoms with E-state index in [9.17, 15) is 13.6 Å². The molecule has 5 nitrogen and oxygen atoms in total. The van der Waals surface area contributed by atoms with Gasteiger partial charge in [0.1, 0.15) is 17.6 Å². The molecule has 2 aromatic heterocycles. The average molecular weight is 354 g/mol. The van der Waals surface area contributed by atoms with Gasteiger partial charge in [0.05, 0.1) is 5.69 Å². The van der Waals surface area contributed by atoms with Crippen LogP contribution in [0.3, 0.4) is 0 Å². The minimum absolute atomic E-state index is 0.214. The van der Waals surface area contributed by atoms with Gasteiger partial charge in [0, 0.05) is 23.6 Å². The second-order valence-electron chi connectivity index (χ2n) is 6.51. The molecule has 1 atom stereocenters. The Bertz CT molecular complexity index is 1040. The Balaban J connectivity index is 1.71. The highest BCUT2D eigenvalue weighted by molar-refractivity contribution is 5.98. The zero-order valence-corrected chi connectivity index (χ0v) is 14.0. The number of aromatic nitrogens is 2. The van der Waals surface area contributed by atoms with Gasteiger partial charge in [-0.1, -0.05) is 24.3 Å². The van der Waals surface area contributed by atoms with Crippen LogP contribution in [0.25, 0.3) is 22.0 Å². The van der Waals surface area contributed by atoms with Crippen LogP contribution in [0.2, 0.25) is 0 Å². The standard InChI is InChI=1S/C19H16F2N4O/c1-10-4-2-3-5-12(10)15-6-11-7-16(23-9-13(11)17(22)24-15)25-18(26)14-8-19(14,20)21/h2-7,9,14H,8H2,1H3,(H2,22,24)(H,23,25,26). The number of carbonyl (C=O) groups excluding carboxylic acids is 1. The summed E-state index contributed by atoms with van der Waals surface area (Å²) < 4.78 is 26.1. The third-order valence-corrected chi connectivity index (χ3v) is 4.56. The molecule has 26 heavy (non-hydrogen) atoms. The van der Waals surface area contributed by atoms with Crippen molar-refractivity contribution in [1.29, 1.82) is 0 Å². The van der Waals surface area contributed by atoms with E-state index in [1.165, 1.54) is 6.20 Å². The summed E-state index contributed by atoms with van der Waals surface area (Å²) in [5.41, 5.74) is 8.75. The third kappa shape index (κ3) is 2.85. The van der Waals surface area contributed by atoms with Gasteiger partial charge in [-0.3, -0.25) is 4.79 Å². The Morgan fingerprint density at radius 2 is 2.04 bits per heavy atom. The largest absolute Gasteiger partial charge is 0.383 e. The average Bonchev–Trinajstić information content (AvgIpc) is 3.23. The molecule has 1 aliphatic carbocycles. The van der Waals surface area contributed by atoms with Gasteiger partial charge in [0.25, 0.3) is 5.92 Å². The summed E-state index contributed by atoms with van der Waals surface area (Å²) in [5, 5.41) is 3.81. The molecule has 1 aromatic carbocycles. The molecule has 1 saturated carbocycles. The molecule has 0 spiro atoms. The number of benzene rings is 1. The number of anilines is 2. The first-order valence-corrected chi connectivity index (χ1v) is 8.16. The number of halogens is 2. The number of nitrogens with two attached hydrogens (primary N) is 1. The van der Waals surface area contributed by atoms with Crippen molar-refractivity contribution in [3.05, 3.63) is 48.2 Å². The lowest BCUT2D eigenvalue weighted by Crippen LogP contribution is -2.18. The fourth-order valence-electron chi connectivity index (χ4n) is 2.95. The summed E-state index contributed by atoms with van der Waals surface area (Å²) >= 11 is 0. The number of fused-ring (bicyclic) bond motifs is 1. The minimum Gasteiger partial charge on any atom is -0.383 e. The van der Waals surface area contributed by atoms with Gasteiger partial charge < -0.3 is 11.1 Å². The van der Waals surface area contributed by atoms with Crippen LogP contribution in [0, 0.1) is 12.8 Å². The monoisotopic (exact) mass is 354 g/mol. The fraction of sp³-hybridized carbons (Fsp3) is 0.211. The zero-order valence-electron chi connectivity index (χ0n) is 14.0. The van der Waals surface area contributed by atoms with E-state index in [1.807, 2.05) is 37.3 Å². The van der Waals surface area contributed by atoms with E-state index in [0.717, 1.165) is 16.5 Å². The summed E-state index contributed by atoms with van der Waals surface area (Å²) in [6, 6.07) is 11.2.